The molecular formula is C22H32N6O. The maximum Gasteiger partial charge on any atom is 0.132 e. The summed E-state index contributed by atoms with van der Waals surface area (Å²) in [5, 5.41) is 3.14. The molecule has 2 aromatic rings. The summed E-state index contributed by atoms with van der Waals surface area (Å²) in [6.07, 6.45) is 7.90. The number of nitrogens with zero attached hydrogens (tertiary/aromatic N) is 3. The first-order valence-corrected chi connectivity index (χ1v) is 10.3. The lowest BCUT2D eigenvalue weighted by molar-refractivity contribution is 0.0327. The monoisotopic (exact) mass is 396 g/mol. The van der Waals surface area contributed by atoms with Crippen LogP contribution in [0, 0.1) is 5.92 Å². The topological polar surface area (TPSA) is 102 Å². The van der Waals surface area contributed by atoms with Gasteiger partial charge in [-0.25, -0.2) is 4.98 Å². The van der Waals surface area contributed by atoms with Gasteiger partial charge in [-0.15, -0.1) is 0 Å². The molecule has 0 saturated carbocycles. The minimum absolute atomic E-state index is 0.294. The Morgan fingerprint density at radius 2 is 2.14 bits per heavy atom. The van der Waals surface area contributed by atoms with Gasteiger partial charge in [0.05, 0.1) is 29.0 Å². The molecule has 7 nitrogen and oxygen atoms in total. The highest BCUT2D eigenvalue weighted by Crippen LogP contribution is 2.25. The van der Waals surface area contributed by atoms with E-state index in [0.29, 0.717) is 23.7 Å². The van der Waals surface area contributed by atoms with Gasteiger partial charge >= 0.3 is 0 Å². The SMILES string of the molecule is CCCCOC1CN(c2cnc3ccc(N/C(N)=C/C(=C\N)C(C)C)nc3c2)C1. The van der Waals surface area contributed by atoms with Gasteiger partial charge in [0.2, 0.25) is 0 Å². The van der Waals surface area contributed by atoms with Gasteiger partial charge in [-0.3, -0.25) is 4.98 Å². The Morgan fingerprint density at radius 1 is 1.34 bits per heavy atom. The number of fused-ring (bicyclic) bond motifs is 1. The molecule has 0 bridgehead atoms. The molecule has 1 aliphatic heterocycles. The quantitative estimate of drug-likeness (QED) is 0.441. The highest BCUT2D eigenvalue weighted by atomic mass is 16.5. The average Bonchev–Trinajstić information content (AvgIpc) is 2.67. The van der Waals surface area contributed by atoms with Crippen LogP contribution in [0.4, 0.5) is 11.5 Å². The lowest BCUT2D eigenvalue weighted by Gasteiger charge is -2.40. The summed E-state index contributed by atoms with van der Waals surface area (Å²) in [6, 6.07) is 5.88. The Morgan fingerprint density at radius 3 is 2.83 bits per heavy atom. The predicted molar refractivity (Wildman–Crippen MR) is 119 cm³/mol. The first-order chi connectivity index (χ1) is 14.0. The average molecular weight is 397 g/mol. The fourth-order valence-corrected chi connectivity index (χ4v) is 3.16. The van der Waals surface area contributed by atoms with Crippen molar-refractivity contribution in [3.8, 4) is 0 Å². The van der Waals surface area contributed by atoms with Crippen LogP contribution in [0.1, 0.15) is 33.6 Å². The molecule has 0 aromatic carbocycles. The number of allylic oxidation sites excluding steroid dienone is 2. The van der Waals surface area contributed by atoms with E-state index in [1.54, 1.807) is 6.20 Å². The van der Waals surface area contributed by atoms with Crippen LogP contribution in [-0.2, 0) is 4.74 Å². The smallest absolute Gasteiger partial charge is 0.132 e. The van der Waals surface area contributed by atoms with Crippen molar-refractivity contribution < 1.29 is 4.74 Å². The predicted octanol–water partition coefficient (Wildman–Crippen LogP) is 3.35. The highest BCUT2D eigenvalue weighted by molar-refractivity contribution is 5.80. The van der Waals surface area contributed by atoms with E-state index in [0.717, 1.165) is 54.8 Å². The van der Waals surface area contributed by atoms with Crippen LogP contribution in [0.3, 0.4) is 0 Å². The van der Waals surface area contributed by atoms with E-state index in [9.17, 15) is 0 Å². The van der Waals surface area contributed by atoms with E-state index in [-0.39, 0.29) is 0 Å². The number of ether oxygens (including phenoxy) is 1. The van der Waals surface area contributed by atoms with Crippen molar-refractivity contribution in [3.05, 3.63) is 48.1 Å². The number of pyridine rings is 2. The molecule has 0 radical (unpaired) electrons. The van der Waals surface area contributed by atoms with E-state index in [4.69, 9.17) is 16.2 Å². The van der Waals surface area contributed by atoms with Crippen molar-refractivity contribution in [1.29, 1.82) is 0 Å². The molecule has 156 valence electrons. The third-order valence-electron chi connectivity index (χ3n) is 5.04. The summed E-state index contributed by atoms with van der Waals surface area (Å²) >= 11 is 0. The summed E-state index contributed by atoms with van der Waals surface area (Å²) in [5.41, 5.74) is 15.5. The van der Waals surface area contributed by atoms with Gasteiger partial charge in [-0.05, 0) is 48.4 Å². The second-order valence-electron chi connectivity index (χ2n) is 7.73. The van der Waals surface area contributed by atoms with Crippen molar-refractivity contribution in [2.45, 2.75) is 39.7 Å². The van der Waals surface area contributed by atoms with Gasteiger partial charge in [0.25, 0.3) is 0 Å². The zero-order valence-corrected chi connectivity index (χ0v) is 17.6. The molecule has 2 aromatic heterocycles. The molecule has 29 heavy (non-hydrogen) atoms. The molecule has 1 fully saturated rings. The summed E-state index contributed by atoms with van der Waals surface area (Å²) < 4.78 is 5.86. The number of aromatic nitrogens is 2. The number of hydrogen-bond acceptors (Lipinski definition) is 7. The molecule has 0 amide bonds. The van der Waals surface area contributed by atoms with Gasteiger partial charge in [-0.1, -0.05) is 27.2 Å². The van der Waals surface area contributed by atoms with Crippen molar-refractivity contribution in [2.24, 2.45) is 17.4 Å². The minimum atomic E-state index is 0.294. The van der Waals surface area contributed by atoms with Gasteiger partial charge in [0.15, 0.2) is 0 Å². The minimum Gasteiger partial charge on any atom is -0.404 e. The van der Waals surface area contributed by atoms with E-state index in [1.165, 1.54) is 0 Å². The molecule has 5 N–H and O–H groups in total. The summed E-state index contributed by atoms with van der Waals surface area (Å²) in [4.78, 5) is 11.5. The van der Waals surface area contributed by atoms with E-state index in [2.05, 4.69) is 47.0 Å². The number of hydrogen-bond donors (Lipinski definition) is 3. The fourth-order valence-electron chi connectivity index (χ4n) is 3.16. The van der Waals surface area contributed by atoms with Crippen LogP contribution < -0.4 is 21.7 Å². The number of rotatable bonds is 9. The molecule has 0 atom stereocenters. The Hall–Kier alpha value is -2.80. The first kappa shape index (κ1) is 20.9. The largest absolute Gasteiger partial charge is 0.404 e. The molecule has 3 rings (SSSR count). The maximum atomic E-state index is 6.11. The number of anilines is 2. The van der Waals surface area contributed by atoms with Crippen LogP contribution >= 0.6 is 0 Å². The zero-order chi connectivity index (χ0) is 20.8. The second kappa shape index (κ2) is 9.60. The molecule has 0 spiro atoms. The summed E-state index contributed by atoms with van der Waals surface area (Å²) in [6.45, 7) is 8.95. The molecule has 3 heterocycles. The Kier molecular flexibility index (Phi) is 6.93. The Balaban J connectivity index is 1.67. The zero-order valence-electron chi connectivity index (χ0n) is 17.6. The lowest BCUT2D eigenvalue weighted by Crippen LogP contribution is -2.52. The third kappa shape index (κ3) is 5.38. The van der Waals surface area contributed by atoms with Crippen LogP contribution in [0.15, 0.2) is 48.1 Å². The Labute approximate surface area is 172 Å². The van der Waals surface area contributed by atoms with Crippen LogP contribution in [0.25, 0.3) is 11.0 Å². The van der Waals surface area contributed by atoms with Crippen LogP contribution in [-0.4, -0.2) is 35.8 Å². The lowest BCUT2D eigenvalue weighted by atomic mass is 10.0. The maximum absolute atomic E-state index is 6.11. The van der Waals surface area contributed by atoms with Gasteiger partial charge in [0, 0.05) is 19.7 Å². The highest BCUT2D eigenvalue weighted by Gasteiger charge is 2.27. The molecule has 1 aliphatic rings. The number of nitrogens with two attached hydrogens (primary N) is 2. The van der Waals surface area contributed by atoms with Crippen molar-refractivity contribution in [1.82, 2.24) is 9.97 Å². The summed E-state index contributed by atoms with van der Waals surface area (Å²) in [5.74, 6) is 1.47. The molecule has 0 aliphatic carbocycles. The van der Waals surface area contributed by atoms with Crippen LogP contribution in [0.5, 0.6) is 0 Å². The van der Waals surface area contributed by atoms with Crippen molar-refractivity contribution >= 4 is 22.5 Å². The fraction of sp³-hybridized carbons (Fsp3) is 0.455. The third-order valence-corrected chi connectivity index (χ3v) is 5.04. The normalized spacial score (nSPS) is 15.8. The van der Waals surface area contributed by atoms with E-state index in [1.807, 2.05) is 24.4 Å². The van der Waals surface area contributed by atoms with Crippen molar-refractivity contribution in [2.75, 3.05) is 29.9 Å². The Bertz CT molecular complexity index is 886. The first-order valence-electron chi connectivity index (χ1n) is 10.3. The van der Waals surface area contributed by atoms with Gasteiger partial charge in [0.1, 0.15) is 11.6 Å². The molecule has 1 saturated heterocycles. The summed E-state index contributed by atoms with van der Waals surface area (Å²) in [7, 11) is 0. The molecule has 7 heteroatoms. The second-order valence-corrected chi connectivity index (χ2v) is 7.73. The molecular weight excluding hydrogens is 364 g/mol. The van der Waals surface area contributed by atoms with Crippen molar-refractivity contribution in [3.63, 3.8) is 0 Å². The van der Waals surface area contributed by atoms with E-state index < -0.39 is 0 Å². The standard InChI is InChI=1S/C22H32N6O/c1-4-5-8-29-18-13-28(14-18)17-10-20-19(25-12-17)6-7-22(26-20)27-21(24)9-16(11-23)15(2)3/h6-7,9-12,15,18H,4-5,8,13-14,23-24H2,1-3H3,(H,26,27)/b16-11+,21-9+. The number of nitrogens with one attached hydrogen (secondary N) is 1. The van der Waals surface area contributed by atoms with Gasteiger partial charge in [-0.2, -0.15) is 0 Å². The van der Waals surface area contributed by atoms with Gasteiger partial charge < -0.3 is 26.4 Å². The molecule has 0 unspecified atom stereocenters. The number of unbranched alkanes of at least 4 members (excludes halogenated alkanes) is 1. The van der Waals surface area contributed by atoms with E-state index >= 15 is 0 Å². The van der Waals surface area contributed by atoms with Crippen LogP contribution in [0.2, 0.25) is 0 Å².